The van der Waals surface area contributed by atoms with Crippen LogP contribution in [-0.2, 0) is 9.53 Å². The van der Waals surface area contributed by atoms with Gasteiger partial charge in [-0.3, -0.25) is 4.79 Å². The Morgan fingerprint density at radius 1 is 0.893 bits per heavy atom. The molecule has 2 aromatic rings. The van der Waals surface area contributed by atoms with Gasteiger partial charge in [0.15, 0.2) is 6.61 Å². The van der Waals surface area contributed by atoms with E-state index in [9.17, 15) is 9.59 Å². The Hall–Kier alpha value is -3.02. The highest BCUT2D eigenvalue weighted by Gasteiger charge is 2.15. The molecule has 0 heterocycles. The number of ether oxygens (including phenoxy) is 2. The summed E-state index contributed by atoms with van der Waals surface area (Å²) < 4.78 is 10.8. The quantitative estimate of drug-likeness (QED) is 0.680. The lowest BCUT2D eigenvalue weighted by Crippen LogP contribution is -2.35. The maximum absolute atomic E-state index is 12.0. The summed E-state index contributed by atoms with van der Waals surface area (Å²) in [5.74, 6) is 0.454. The molecule has 2 rings (SSSR count). The Morgan fingerprint density at radius 2 is 1.54 bits per heavy atom. The summed E-state index contributed by atoms with van der Waals surface area (Å²) >= 11 is 0. The molecule has 0 spiro atoms. The van der Waals surface area contributed by atoms with Crippen molar-refractivity contribution in [2.24, 2.45) is 0 Å². The highest BCUT2D eigenvalue weighted by atomic mass is 16.6. The number of hydrogen-bond acceptors (Lipinski definition) is 4. The number of rotatable bonds is 8. The van der Waals surface area contributed by atoms with Crippen molar-refractivity contribution in [2.45, 2.75) is 32.8 Å². The smallest absolute Gasteiger partial charge is 0.407 e. The van der Waals surface area contributed by atoms with Gasteiger partial charge in [0.1, 0.15) is 11.4 Å². The van der Waals surface area contributed by atoms with Crippen LogP contribution in [-0.4, -0.2) is 37.3 Å². The van der Waals surface area contributed by atoms with E-state index in [2.05, 4.69) is 10.6 Å². The van der Waals surface area contributed by atoms with Crippen LogP contribution >= 0.6 is 0 Å². The van der Waals surface area contributed by atoms with Crippen LogP contribution in [0.2, 0.25) is 0 Å². The van der Waals surface area contributed by atoms with Crippen molar-refractivity contribution in [1.82, 2.24) is 10.6 Å². The zero-order valence-electron chi connectivity index (χ0n) is 16.7. The molecule has 0 saturated heterocycles. The lowest BCUT2D eigenvalue weighted by atomic mass is 10.1. The average molecular weight is 384 g/mol. The van der Waals surface area contributed by atoms with Gasteiger partial charge in [-0.2, -0.15) is 0 Å². The third-order valence-corrected chi connectivity index (χ3v) is 3.67. The molecule has 2 aromatic carbocycles. The molecule has 6 nitrogen and oxygen atoms in total. The molecule has 0 aromatic heterocycles. The Labute approximate surface area is 166 Å². The zero-order valence-corrected chi connectivity index (χ0v) is 16.7. The molecule has 0 aliphatic carbocycles. The molecule has 2 N–H and O–H groups in total. The van der Waals surface area contributed by atoms with E-state index < -0.39 is 11.7 Å². The Morgan fingerprint density at radius 3 is 2.25 bits per heavy atom. The van der Waals surface area contributed by atoms with Crippen LogP contribution in [0.4, 0.5) is 4.79 Å². The van der Waals surface area contributed by atoms with Crippen LogP contribution in [0, 0.1) is 0 Å². The fraction of sp³-hybridized carbons (Fsp3) is 0.364. The Balaban J connectivity index is 1.70. The summed E-state index contributed by atoms with van der Waals surface area (Å²) in [5.41, 5.74) is 1.45. The predicted molar refractivity (Wildman–Crippen MR) is 109 cm³/mol. The van der Waals surface area contributed by atoms with E-state index in [0.29, 0.717) is 25.3 Å². The van der Waals surface area contributed by atoms with Gasteiger partial charge >= 0.3 is 6.09 Å². The van der Waals surface area contributed by atoms with Crippen molar-refractivity contribution in [3.05, 3.63) is 54.6 Å². The molecule has 0 aliphatic heterocycles. The molecule has 0 unspecified atom stereocenters. The largest absolute Gasteiger partial charge is 0.483 e. The van der Waals surface area contributed by atoms with Gasteiger partial charge in [-0.05, 0) is 38.8 Å². The SMILES string of the molecule is CC(C)(C)OC(=O)NCCCNC(=O)COc1ccccc1-c1ccccc1. The van der Waals surface area contributed by atoms with Crippen LogP contribution in [0.1, 0.15) is 27.2 Å². The number of hydrogen-bond donors (Lipinski definition) is 2. The summed E-state index contributed by atoms with van der Waals surface area (Å²) in [5, 5.41) is 5.43. The highest BCUT2D eigenvalue weighted by Crippen LogP contribution is 2.29. The van der Waals surface area contributed by atoms with E-state index in [4.69, 9.17) is 9.47 Å². The topological polar surface area (TPSA) is 76.7 Å². The van der Waals surface area contributed by atoms with E-state index in [1.165, 1.54) is 0 Å². The summed E-state index contributed by atoms with van der Waals surface area (Å²) in [7, 11) is 0. The maximum Gasteiger partial charge on any atom is 0.407 e. The van der Waals surface area contributed by atoms with E-state index in [1.807, 2.05) is 75.4 Å². The van der Waals surface area contributed by atoms with E-state index >= 15 is 0 Å². The van der Waals surface area contributed by atoms with Gasteiger partial charge in [-0.15, -0.1) is 0 Å². The second kappa shape index (κ2) is 10.3. The van der Waals surface area contributed by atoms with Crippen molar-refractivity contribution in [2.75, 3.05) is 19.7 Å². The minimum absolute atomic E-state index is 0.0661. The summed E-state index contributed by atoms with van der Waals surface area (Å²) in [6.45, 7) is 6.22. The van der Waals surface area contributed by atoms with Gasteiger partial charge in [0.2, 0.25) is 0 Å². The molecule has 150 valence electrons. The van der Waals surface area contributed by atoms with Crippen LogP contribution in [0.25, 0.3) is 11.1 Å². The highest BCUT2D eigenvalue weighted by molar-refractivity contribution is 5.78. The van der Waals surface area contributed by atoms with Crippen LogP contribution in [0.3, 0.4) is 0 Å². The van der Waals surface area contributed by atoms with Gasteiger partial charge in [0.25, 0.3) is 5.91 Å². The maximum atomic E-state index is 12.0. The van der Waals surface area contributed by atoms with E-state index in [0.717, 1.165) is 11.1 Å². The van der Waals surface area contributed by atoms with Crippen molar-refractivity contribution in [3.8, 4) is 16.9 Å². The molecular formula is C22H28N2O4. The average Bonchev–Trinajstić information content (AvgIpc) is 2.65. The molecular weight excluding hydrogens is 356 g/mol. The third kappa shape index (κ3) is 7.70. The van der Waals surface area contributed by atoms with E-state index in [1.54, 1.807) is 0 Å². The first-order chi connectivity index (χ1) is 13.3. The first-order valence-corrected chi connectivity index (χ1v) is 9.36. The molecule has 0 saturated carbocycles. The number of nitrogens with one attached hydrogen (secondary N) is 2. The van der Waals surface area contributed by atoms with Gasteiger partial charge in [-0.1, -0.05) is 48.5 Å². The Bertz CT molecular complexity index is 770. The van der Waals surface area contributed by atoms with Crippen molar-refractivity contribution in [1.29, 1.82) is 0 Å². The van der Waals surface area contributed by atoms with Gasteiger partial charge in [0, 0.05) is 18.7 Å². The van der Waals surface area contributed by atoms with Gasteiger partial charge in [0.05, 0.1) is 0 Å². The summed E-state index contributed by atoms with van der Waals surface area (Å²) in [4.78, 5) is 23.5. The fourth-order valence-electron chi connectivity index (χ4n) is 2.46. The standard InChI is InChI=1S/C22H28N2O4/c1-22(2,3)28-21(26)24-15-9-14-23-20(25)16-27-19-13-8-7-12-18(19)17-10-5-4-6-11-17/h4-8,10-13H,9,14-16H2,1-3H3,(H,23,25)(H,24,26). The number of carbonyl (C=O) groups is 2. The second-order valence-corrected chi connectivity index (χ2v) is 7.28. The molecule has 0 bridgehead atoms. The predicted octanol–water partition coefficient (Wildman–Crippen LogP) is 3.76. The normalized spacial score (nSPS) is 10.8. The fourth-order valence-corrected chi connectivity index (χ4v) is 2.46. The van der Waals surface area contributed by atoms with Crippen molar-refractivity contribution in [3.63, 3.8) is 0 Å². The van der Waals surface area contributed by atoms with Gasteiger partial charge in [-0.25, -0.2) is 4.79 Å². The van der Waals surface area contributed by atoms with Crippen LogP contribution in [0.5, 0.6) is 5.75 Å². The van der Waals surface area contributed by atoms with Gasteiger partial charge < -0.3 is 20.1 Å². The molecule has 28 heavy (non-hydrogen) atoms. The lowest BCUT2D eigenvalue weighted by Gasteiger charge is -2.19. The van der Waals surface area contributed by atoms with Crippen molar-refractivity contribution >= 4 is 12.0 Å². The Kier molecular flexibility index (Phi) is 7.87. The summed E-state index contributed by atoms with van der Waals surface area (Å²) in [6.07, 6.45) is 0.144. The molecule has 0 aliphatic rings. The molecule has 0 atom stereocenters. The molecule has 0 radical (unpaired) electrons. The second-order valence-electron chi connectivity index (χ2n) is 7.28. The minimum Gasteiger partial charge on any atom is -0.483 e. The first-order valence-electron chi connectivity index (χ1n) is 9.36. The monoisotopic (exact) mass is 384 g/mol. The lowest BCUT2D eigenvalue weighted by molar-refractivity contribution is -0.123. The van der Waals surface area contributed by atoms with Crippen molar-refractivity contribution < 1.29 is 19.1 Å². The number of alkyl carbamates (subject to hydrolysis) is 1. The number of amides is 2. The summed E-state index contributed by atoms with van der Waals surface area (Å²) in [6, 6.07) is 17.5. The zero-order chi connectivity index (χ0) is 20.4. The van der Waals surface area contributed by atoms with Crippen LogP contribution in [0.15, 0.2) is 54.6 Å². The minimum atomic E-state index is -0.522. The molecule has 0 fully saturated rings. The molecule has 2 amide bonds. The third-order valence-electron chi connectivity index (χ3n) is 3.67. The first kappa shape index (κ1) is 21.3. The number of benzene rings is 2. The number of carbonyl (C=O) groups excluding carboxylic acids is 2. The molecule has 6 heteroatoms. The van der Waals surface area contributed by atoms with Crippen LogP contribution < -0.4 is 15.4 Å². The number of para-hydroxylation sites is 1. The van der Waals surface area contributed by atoms with E-state index in [-0.39, 0.29) is 12.5 Å².